The molecule has 1 aromatic carbocycles. The molecule has 0 radical (unpaired) electrons. The highest BCUT2D eigenvalue weighted by molar-refractivity contribution is 5.94. The summed E-state index contributed by atoms with van der Waals surface area (Å²) in [6, 6.07) is 3.37. The van der Waals surface area contributed by atoms with Crippen LogP contribution in [0.15, 0.2) is 18.2 Å². The van der Waals surface area contributed by atoms with Crippen molar-refractivity contribution in [2.24, 2.45) is 0 Å². The Labute approximate surface area is 122 Å². The van der Waals surface area contributed by atoms with Gasteiger partial charge in [-0.1, -0.05) is 0 Å². The predicted octanol–water partition coefficient (Wildman–Crippen LogP) is 1.95. The van der Waals surface area contributed by atoms with E-state index in [0.717, 1.165) is 25.2 Å². The number of nitro benzene ring substituents is 1. The number of nitrogens with one attached hydrogen (secondary N) is 1. The molecule has 21 heavy (non-hydrogen) atoms. The molecule has 1 aliphatic heterocycles. The molecule has 1 atom stereocenters. The van der Waals surface area contributed by atoms with Gasteiger partial charge in [-0.15, -0.1) is 0 Å². The van der Waals surface area contributed by atoms with Crippen molar-refractivity contribution in [2.75, 3.05) is 19.6 Å². The first-order valence-electron chi connectivity index (χ1n) is 6.95. The SMILES string of the molecule is CC(CNC(=O)c1ccc(F)c([N+](=O)[O-])c1)N1CCCC1. The zero-order valence-corrected chi connectivity index (χ0v) is 11.8. The zero-order valence-electron chi connectivity index (χ0n) is 11.8. The van der Waals surface area contributed by atoms with E-state index in [0.29, 0.717) is 6.54 Å². The molecule has 6 nitrogen and oxygen atoms in total. The van der Waals surface area contributed by atoms with E-state index >= 15 is 0 Å². The third-order valence-corrected chi connectivity index (χ3v) is 3.73. The number of nitrogens with zero attached hydrogens (tertiary/aromatic N) is 2. The molecule has 1 fully saturated rings. The normalized spacial score (nSPS) is 16.7. The van der Waals surface area contributed by atoms with E-state index in [2.05, 4.69) is 10.2 Å². The molecule has 7 heteroatoms. The van der Waals surface area contributed by atoms with Crippen molar-refractivity contribution < 1.29 is 14.1 Å². The summed E-state index contributed by atoms with van der Waals surface area (Å²) < 4.78 is 13.2. The Balaban J connectivity index is 1.96. The third-order valence-electron chi connectivity index (χ3n) is 3.73. The number of hydrogen-bond donors (Lipinski definition) is 1. The number of amides is 1. The van der Waals surface area contributed by atoms with Crippen LogP contribution >= 0.6 is 0 Å². The summed E-state index contributed by atoms with van der Waals surface area (Å²) in [5, 5.41) is 13.4. The fraction of sp³-hybridized carbons (Fsp3) is 0.500. The first kappa shape index (κ1) is 15.4. The Morgan fingerprint density at radius 1 is 1.48 bits per heavy atom. The molecule has 0 saturated carbocycles. The number of benzene rings is 1. The van der Waals surface area contributed by atoms with Crippen LogP contribution in [0.1, 0.15) is 30.1 Å². The molecule has 0 aromatic heterocycles. The Kier molecular flexibility index (Phi) is 4.85. The molecular weight excluding hydrogens is 277 g/mol. The minimum Gasteiger partial charge on any atom is -0.350 e. The van der Waals surface area contributed by atoms with Crippen molar-refractivity contribution in [2.45, 2.75) is 25.8 Å². The lowest BCUT2D eigenvalue weighted by Crippen LogP contribution is -2.40. The Morgan fingerprint density at radius 2 is 2.14 bits per heavy atom. The number of likely N-dealkylation sites (tertiary alicyclic amines) is 1. The van der Waals surface area contributed by atoms with Gasteiger partial charge in [-0.05, 0) is 45.0 Å². The van der Waals surface area contributed by atoms with Crippen molar-refractivity contribution >= 4 is 11.6 Å². The van der Waals surface area contributed by atoms with E-state index < -0.39 is 22.3 Å². The molecule has 114 valence electrons. The molecule has 1 unspecified atom stereocenters. The average Bonchev–Trinajstić information content (AvgIpc) is 2.98. The van der Waals surface area contributed by atoms with Crippen molar-refractivity contribution in [1.29, 1.82) is 0 Å². The second-order valence-corrected chi connectivity index (χ2v) is 5.23. The molecule has 1 N–H and O–H groups in total. The first-order chi connectivity index (χ1) is 9.99. The van der Waals surface area contributed by atoms with E-state index in [-0.39, 0.29) is 11.6 Å². The number of carbonyl (C=O) groups excluding carboxylic acids is 1. The van der Waals surface area contributed by atoms with Crippen LogP contribution in [0.3, 0.4) is 0 Å². The number of hydrogen-bond acceptors (Lipinski definition) is 4. The summed E-state index contributed by atoms with van der Waals surface area (Å²) in [6.45, 7) is 4.54. The Hall–Kier alpha value is -2.02. The van der Waals surface area contributed by atoms with E-state index in [4.69, 9.17) is 0 Å². The molecule has 1 aromatic rings. The summed E-state index contributed by atoms with van der Waals surface area (Å²) in [6.07, 6.45) is 2.34. The summed E-state index contributed by atoms with van der Waals surface area (Å²) in [7, 11) is 0. The summed E-state index contributed by atoms with van der Waals surface area (Å²) in [4.78, 5) is 24.1. The van der Waals surface area contributed by atoms with Crippen LogP contribution in [0, 0.1) is 15.9 Å². The fourth-order valence-corrected chi connectivity index (χ4v) is 2.45. The lowest BCUT2D eigenvalue weighted by Gasteiger charge is -2.23. The van der Waals surface area contributed by atoms with Crippen LogP contribution in [0.2, 0.25) is 0 Å². The summed E-state index contributed by atoms with van der Waals surface area (Å²) in [5.74, 6) is -1.37. The van der Waals surface area contributed by atoms with Gasteiger partial charge in [0.25, 0.3) is 5.91 Å². The molecule has 0 aliphatic carbocycles. The summed E-state index contributed by atoms with van der Waals surface area (Å²) >= 11 is 0. The van der Waals surface area contributed by atoms with Gasteiger partial charge in [0.1, 0.15) is 0 Å². The zero-order chi connectivity index (χ0) is 15.4. The number of nitro groups is 1. The summed E-state index contributed by atoms with van der Waals surface area (Å²) in [5.41, 5.74) is -0.591. The van der Waals surface area contributed by atoms with E-state index in [1.165, 1.54) is 18.9 Å². The minimum absolute atomic E-state index is 0.0942. The van der Waals surface area contributed by atoms with Crippen molar-refractivity contribution in [3.05, 3.63) is 39.7 Å². The molecule has 1 aliphatic rings. The third kappa shape index (κ3) is 3.75. The highest BCUT2D eigenvalue weighted by Crippen LogP contribution is 2.18. The lowest BCUT2D eigenvalue weighted by atomic mass is 10.1. The molecule has 2 rings (SSSR count). The standard InChI is InChI=1S/C14H18FN3O3/c1-10(17-6-2-3-7-17)9-16-14(19)11-4-5-12(15)13(8-11)18(20)21/h4-5,8,10H,2-3,6-7,9H2,1H3,(H,16,19). The molecular formula is C14H18FN3O3. The monoisotopic (exact) mass is 295 g/mol. The van der Waals surface area contributed by atoms with E-state index in [9.17, 15) is 19.3 Å². The van der Waals surface area contributed by atoms with Gasteiger partial charge in [0.2, 0.25) is 5.82 Å². The first-order valence-corrected chi connectivity index (χ1v) is 6.95. The highest BCUT2D eigenvalue weighted by atomic mass is 19.1. The van der Waals surface area contributed by atoms with Gasteiger partial charge in [0.15, 0.2) is 0 Å². The van der Waals surface area contributed by atoms with Gasteiger partial charge in [-0.3, -0.25) is 19.8 Å². The number of halogens is 1. The Bertz CT molecular complexity index is 544. The number of carbonyl (C=O) groups is 1. The maximum absolute atomic E-state index is 13.2. The van der Waals surface area contributed by atoms with Crippen molar-refractivity contribution in [3.8, 4) is 0 Å². The van der Waals surface area contributed by atoms with Gasteiger partial charge >= 0.3 is 5.69 Å². The van der Waals surface area contributed by atoms with E-state index in [1.807, 2.05) is 6.92 Å². The molecule has 1 amide bonds. The predicted molar refractivity (Wildman–Crippen MR) is 75.7 cm³/mol. The maximum atomic E-state index is 13.2. The highest BCUT2D eigenvalue weighted by Gasteiger charge is 2.20. The molecule has 1 saturated heterocycles. The average molecular weight is 295 g/mol. The van der Waals surface area contributed by atoms with Gasteiger partial charge in [0.05, 0.1) is 4.92 Å². The van der Waals surface area contributed by atoms with Crippen LogP contribution in [0.4, 0.5) is 10.1 Å². The maximum Gasteiger partial charge on any atom is 0.305 e. The minimum atomic E-state index is -0.943. The van der Waals surface area contributed by atoms with Crippen molar-refractivity contribution in [3.63, 3.8) is 0 Å². The van der Waals surface area contributed by atoms with Gasteiger partial charge < -0.3 is 5.32 Å². The topological polar surface area (TPSA) is 75.5 Å². The fourth-order valence-electron chi connectivity index (χ4n) is 2.45. The van der Waals surface area contributed by atoms with Gasteiger partial charge in [0, 0.05) is 24.2 Å². The Morgan fingerprint density at radius 3 is 2.76 bits per heavy atom. The van der Waals surface area contributed by atoms with Crippen LogP contribution in [-0.4, -0.2) is 41.4 Å². The molecule has 0 bridgehead atoms. The lowest BCUT2D eigenvalue weighted by molar-refractivity contribution is -0.387. The van der Waals surface area contributed by atoms with Crippen LogP contribution in [-0.2, 0) is 0 Å². The molecule has 0 spiro atoms. The second-order valence-electron chi connectivity index (χ2n) is 5.23. The van der Waals surface area contributed by atoms with Crippen molar-refractivity contribution in [1.82, 2.24) is 10.2 Å². The van der Waals surface area contributed by atoms with Gasteiger partial charge in [-0.25, -0.2) is 0 Å². The van der Waals surface area contributed by atoms with Crippen LogP contribution in [0.25, 0.3) is 0 Å². The second kappa shape index (κ2) is 6.62. The number of rotatable bonds is 5. The largest absolute Gasteiger partial charge is 0.350 e. The van der Waals surface area contributed by atoms with Gasteiger partial charge in [-0.2, -0.15) is 4.39 Å². The van der Waals surface area contributed by atoms with Crippen LogP contribution < -0.4 is 5.32 Å². The quantitative estimate of drug-likeness (QED) is 0.665. The molecule has 1 heterocycles. The van der Waals surface area contributed by atoms with E-state index in [1.54, 1.807) is 0 Å². The van der Waals surface area contributed by atoms with Crippen LogP contribution in [0.5, 0.6) is 0 Å². The smallest absolute Gasteiger partial charge is 0.305 e.